The van der Waals surface area contributed by atoms with E-state index in [0.29, 0.717) is 12.8 Å². The Morgan fingerprint density at radius 2 is 1.13 bits per heavy atom. The molecule has 7 atom stereocenters. The fourth-order valence-corrected chi connectivity index (χ4v) is 6.00. The van der Waals surface area contributed by atoms with Crippen molar-refractivity contribution < 1.29 is 28.8 Å². The highest BCUT2D eigenvalue weighted by molar-refractivity contribution is 7.80. The van der Waals surface area contributed by atoms with Crippen LogP contribution in [0.3, 0.4) is 0 Å². The predicted molar refractivity (Wildman–Crippen MR) is 204 cm³/mol. The summed E-state index contributed by atoms with van der Waals surface area (Å²) < 4.78 is 0. The van der Waals surface area contributed by atoms with Crippen LogP contribution in [0.5, 0.6) is 0 Å². The van der Waals surface area contributed by atoms with Crippen molar-refractivity contribution in [1.82, 2.24) is 31.9 Å². The summed E-state index contributed by atoms with van der Waals surface area (Å²) in [6.45, 7) is 11.4. The first kappa shape index (κ1) is 43.8. The Labute approximate surface area is 312 Å². The van der Waals surface area contributed by atoms with Crippen LogP contribution in [-0.4, -0.2) is 90.0 Å². The van der Waals surface area contributed by atoms with E-state index in [-0.39, 0.29) is 61.7 Å². The Bertz CT molecular complexity index is 1390. The maximum atomic E-state index is 14.0. The highest BCUT2D eigenvalue weighted by Gasteiger charge is 2.36. The van der Waals surface area contributed by atoms with E-state index in [4.69, 9.17) is 11.5 Å². The fourth-order valence-electron chi connectivity index (χ4n) is 5.74. The summed E-state index contributed by atoms with van der Waals surface area (Å²) in [6, 6.07) is 2.40. The summed E-state index contributed by atoms with van der Waals surface area (Å²) in [5, 5.41) is 16.6. The van der Waals surface area contributed by atoms with Gasteiger partial charge in [-0.3, -0.25) is 33.8 Å². The number of benzene rings is 1. The third-order valence-corrected chi connectivity index (χ3v) is 9.15. The number of aliphatic imine (C=N–C) groups is 1. The second kappa shape index (κ2) is 21.9. The molecule has 0 saturated carbocycles. The summed E-state index contributed by atoms with van der Waals surface area (Å²) in [7, 11) is 0. The fraction of sp³-hybridized carbons (Fsp3) is 0.639. The Hall–Kier alpha value is -4.34. The lowest BCUT2D eigenvalue weighted by Crippen LogP contribution is -2.62. The van der Waals surface area contributed by atoms with E-state index in [0.717, 1.165) is 5.56 Å². The molecule has 1 heterocycles. The number of nitrogens with zero attached hydrogens (tertiary/aromatic N) is 1. The largest absolute Gasteiger partial charge is 0.370 e. The molecule has 0 bridgehead atoms. The Kier molecular flexibility index (Phi) is 18.4. The van der Waals surface area contributed by atoms with Gasteiger partial charge in [0.15, 0.2) is 5.96 Å². The van der Waals surface area contributed by atoms with Crippen molar-refractivity contribution in [3.63, 3.8) is 0 Å². The lowest BCUT2D eigenvalue weighted by atomic mass is 9.95. The number of thiol groups is 1. The molecular formula is C36H59N9O6S. The molecular weight excluding hydrogens is 687 g/mol. The minimum Gasteiger partial charge on any atom is -0.370 e. The number of carbonyl (C=O) groups is 6. The highest BCUT2D eigenvalue weighted by Crippen LogP contribution is 2.14. The summed E-state index contributed by atoms with van der Waals surface area (Å²) in [5.41, 5.74) is 11.7. The van der Waals surface area contributed by atoms with Crippen LogP contribution in [0.15, 0.2) is 35.3 Å². The molecule has 1 aromatic carbocycles. The Balaban J connectivity index is 2.64. The molecule has 15 nitrogen and oxygen atoms in total. The van der Waals surface area contributed by atoms with Gasteiger partial charge in [-0.25, -0.2) is 0 Å². The van der Waals surface area contributed by atoms with Crippen LogP contribution in [0, 0.1) is 17.8 Å². The van der Waals surface area contributed by atoms with Crippen LogP contribution in [0.2, 0.25) is 0 Å². The minimum atomic E-state index is -1.20. The first-order chi connectivity index (χ1) is 24.6. The molecule has 16 heteroatoms. The van der Waals surface area contributed by atoms with Crippen LogP contribution in [0.25, 0.3) is 0 Å². The van der Waals surface area contributed by atoms with E-state index >= 15 is 0 Å². The van der Waals surface area contributed by atoms with Crippen LogP contribution in [-0.2, 0) is 35.2 Å². The van der Waals surface area contributed by atoms with Gasteiger partial charge in [-0.15, -0.1) is 0 Å². The van der Waals surface area contributed by atoms with Crippen LogP contribution >= 0.6 is 12.6 Å². The van der Waals surface area contributed by atoms with Crippen molar-refractivity contribution in [3.05, 3.63) is 35.9 Å². The van der Waals surface area contributed by atoms with E-state index in [1.807, 2.05) is 47.6 Å². The second-order valence-corrected chi connectivity index (χ2v) is 14.6. The molecule has 1 aliphatic heterocycles. The van der Waals surface area contributed by atoms with Crippen molar-refractivity contribution in [1.29, 1.82) is 0 Å². The van der Waals surface area contributed by atoms with Gasteiger partial charge in [-0.05, 0) is 49.0 Å². The number of hydrogen-bond acceptors (Lipinski definition) is 8. The van der Waals surface area contributed by atoms with Crippen LogP contribution in [0.1, 0.15) is 79.2 Å². The second-order valence-electron chi connectivity index (χ2n) is 14.3. The van der Waals surface area contributed by atoms with Gasteiger partial charge in [0.1, 0.15) is 36.3 Å². The summed E-state index contributed by atoms with van der Waals surface area (Å²) in [4.78, 5) is 87.0. The molecule has 2 rings (SSSR count). The number of rotatable bonds is 13. The van der Waals surface area contributed by atoms with E-state index in [1.165, 1.54) is 0 Å². The Morgan fingerprint density at radius 1 is 0.673 bits per heavy atom. The zero-order chi connectivity index (χ0) is 39.0. The molecule has 10 N–H and O–H groups in total. The van der Waals surface area contributed by atoms with Gasteiger partial charge in [0.2, 0.25) is 35.4 Å². The van der Waals surface area contributed by atoms with Crippen molar-refractivity contribution >= 4 is 54.0 Å². The number of nitrogens with one attached hydrogen (secondary N) is 6. The van der Waals surface area contributed by atoms with Gasteiger partial charge >= 0.3 is 0 Å². The molecule has 290 valence electrons. The zero-order valence-electron chi connectivity index (χ0n) is 31.2. The van der Waals surface area contributed by atoms with Crippen LogP contribution in [0.4, 0.5) is 0 Å². The summed E-state index contributed by atoms with van der Waals surface area (Å²) in [5.74, 6) is -4.39. The Morgan fingerprint density at radius 3 is 1.65 bits per heavy atom. The average molecular weight is 746 g/mol. The molecule has 0 aromatic heterocycles. The lowest BCUT2D eigenvalue weighted by molar-refractivity contribution is -0.137. The first-order valence-electron chi connectivity index (χ1n) is 18.1. The number of hydrogen-bond donors (Lipinski definition) is 9. The molecule has 0 spiro atoms. The maximum absolute atomic E-state index is 14.0. The van der Waals surface area contributed by atoms with Crippen molar-refractivity contribution in [3.8, 4) is 0 Å². The van der Waals surface area contributed by atoms with Gasteiger partial charge in [-0.2, -0.15) is 12.6 Å². The molecule has 1 saturated heterocycles. The molecule has 0 aliphatic carbocycles. The van der Waals surface area contributed by atoms with E-state index in [1.54, 1.807) is 24.3 Å². The topological polar surface area (TPSA) is 239 Å². The number of guanidine groups is 1. The van der Waals surface area contributed by atoms with Gasteiger partial charge in [0, 0.05) is 18.7 Å². The third-order valence-electron chi connectivity index (χ3n) is 8.78. The molecule has 0 unspecified atom stereocenters. The van der Waals surface area contributed by atoms with Crippen molar-refractivity contribution in [2.45, 2.75) is 116 Å². The quantitative estimate of drug-likeness (QED) is 0.0587. The smallest absolute Gasteiger partial charge is 0.244 e. The summed E-state index contributed by atoms with van der Waals surface area (Å²) in [6.07, 6.45) is 1.49. The first-order valence-corrected chi connectivity index (χ1v) is 18.7. The lowest BCUT2D eigenvalue weighted by Gasteiger charge is -2.31. The monoisotopic (exact) mass is 745 g/mol. The van der Waals surface area contributed by atoms with E-state index in [9.17, 15) is 28.8 Å². The zero-order valence-corrected chi connectivity index (χ0v) is 32.1. The van der Waals surface area contributed by atoms with Crippen LogP contribution < -0.4 is 43.4 Å². The normalized spacial score (nSPS) is 24.7. The predicted octanol–water partition coefficient (Wildman–Crippen LogP) is 0.273. The molecule has 52 heavy (non-hydrogen) atoms. The molecule has 0 radical (unpaired) electrons. The number of nitrogens with two attached hydrogens (primary N) is 2. The number of amides is 6. The average Bonchev–Trinajstić information content (AvgIpc) is 3.08. The van der Waals surface area contributed by atoms with Gasteiger partial charge in [0.25, 0.3) is 0 Å². The molecule has 6 amide bonds. The van der Waals surface area contributed by atoms with Crippen molar-refractivity contribution in [2.75, 3.05) is 12.3 Å². The SMILES string of the molecule is CC[C@H](C)[C@@H]1NC(=O)[C@H](CC(C)C)NC(=O)[C@H](CC(C)C)NC(=O)[C@H](CCCN=C(N)N)NC(=O)[C@H](CS)NC(=O)[C@H](Cc2ccccc2)NC1=O. The number of carbonyl (C=O) groups excluding carboxylic acids is 6. The third kappa shape index (κ3) is 14.7. The van der Waals surface area contributed by atoms with E-state index < -0.39 is 71.7 Å². The molecule has 1 aromatic rings. The van der Waals surface area contributed by atoms with E-state index in [2.05, 4.69) is 49.5 Å². The molecule has 1 aliphatic rings. The maximum Gasteiger partial charge on any atom is 0.244 e. The highest BCUT2D eigenvalue weighted by atomic mass is 32.1. The van der Waals surface area contributed by atoms with Crippen molar-refractivity contribution in [2.24, 2.45) is 34.2 Å². The van der Waals surface area contributed by atoms with Gasteiger partial charge in [-0.1, -0.05) is 78.3 Å². The van der Waals surface area contributed by atoms with Gasteiger partial charge in [0.05, 0.1) is 0 Å². The summed E-state index contributed by atoms with van der Waals surface area (Å²) >= 11 is 4.31. The minimum absolute atomic E-state index is 0.0218. The molecule has 1 fully saturated rings. The standard InChI is InChI=1S/C36H59N9O6S/c1-7-22(6)29-35(51)43-27(18-23-12-9-8-10-13-23)32(48)44-28(19-52)34(50)40-24(14-11-15-39-36(37)38)30(46)41-25(16-20(2)3)31(47)42-26(17-21(4)5)33(49)45-29/h8-10,12-13,20-22,24-29,52H,7,11,14-19H2,1-6H3,(H,40,50)(H,41,46)(H,42,47)(H,43,51)(H,44,48)(H,45,49)(H4,37,38,39)/t22-,24-,25-,26-,27-,28-,29-/m0/s1. The van der Waals surface area contributed by atoms with Gasteiger partial charge < -0.3 is 43.4 Å².